The smallest absolute Gasteiger partial charge is 0.246 e. The van der Waals surface area contributed by atoms with Gasteiger partial charge in [0.1, 0.15) is 22.0 Å². The first kappa shape index (κ1) is 22.1. The second-order valence-corrected chi connectivity index (χ2v) is 11.2. The summed E-state index contributed by atoms with van der Waals surface area (Å²) < 4.78 is 36.7. The zero-order chi connectivity index (χ0) is 23.0. The standard InChI is InChI=1S/C22H21N5O3S3/c1-14-8-10-15(11-9-14)17-13-31-22(23-17)24-21(28)18-6-2-3-12-27(18)33(29,30)19-7-4-5-16-20(19)26-32-25-16/h4-5,7-11,13,18H,2-3,6,12H2,1H3,(H,23,24,28)/t18-/m0/s1. The van der Waals surface area contributed by atoms with Crippen molar-refractivity contribution in [2.24, 2.45) is 0 Å². The van der Waals surface area contributed by atoms with Crippen molar-refractivity contribution in [1.82, 2.24) is 18.0 Å². The first-order valence-corrected chi connectivity index (χ1v) is 13.5. The number of benzene rings is 2. The Balaban J connectivity index is 1.39. The molecular formula is C22H21N5O3S3. The number of rotatable bonds is 5. The summed E-state index contributed by atoms with van der Waals surface area (Å²) >= 11 is 2.29. The lowest BCUT2D eigenvalue weighted by atomic mass is 10.0. The first-order chi connectivity index (χ1) is 15.9. The molecule has 1 saturated heterocycles. The predicted molar refractivity (Wildman–Crippen MR) is 130 cm³/mol. The number of hydrogen-bond donors (Lipinski definition) is 1. The second kappa shape index (κ2) is 8.90. The van der Waals surface area contributed by atoms with Crippen molar-refractivity contribution in [3.8, 4) is 11.3 Å². The van der Waals surface area contributed by atoms with E-state index >= 15 is 0 Å². The number of amides is 1. The maximum absolute atomic E-state index is 13.6. The molecule has 1 fully saturated rings. The largest absolute Gasteiger partial charge is 0.301 e. The number of aromatic nitrogens is 3. The Bertz CT molecular complexity index is 1410. The Morgan fingerprint density at radius 3 is 2.76 bits per heavy atom. The van der Waals surface area contributed by atoms with E-state index in [0.29, 0.717) is 29.0 Å². The number of aryl methyl sites for hydroxylation is 1. The van der Waals surface area contributed by atoms with E-state index in [2.05, 4.69) is 19.0 Å². The van der Waals surface area contributed by atoms with E-state index < -0.39 is 16.1 Å². The predicted octanol–water partition coefficient (Wildman–Crippen LogP) is 4.31. The van der Waals surface area contributed by atoms with Crippen LogP contribution in [-0.2, 0) is 14.8 Å². The van der Waals surface area contributed by atoms with Gasteiger partial charge in [0.2, 0.25) is 15.9 Å². The van der Waals surface area contributed by atoms with Gasteiger partial charge in [-0.25, -0.2) is 13.4 Å². The summed E-state index contributed by atoms with van der Waals surface area (Å²) in [7, 11) is -3.93. The highest BCUT2D eigenvalue weighted by Gasteiger charge is 2.39. The fourth-order valence-electron chi connectivity index (χ4n) is 3.95. The van der Waals surface area contributed by atoms with E-state index in [0.717, 1.165) is 35.0 Å². The van der Waals surface area contributed by atoms with Gasteiger partial charge in [-0.2, -0.15) is 13.1 Å². The minimum atomic E-state index is -3.93. The number of sulfonamides is 1. The van der Waals surface area contributed by atoms with Crippen LogP contribution in [0, 0.1) is 6.92 Å². The van der Waals surface area contributed by atoms with Gasteiger partial charge in [0, 0.05) is 17.5 Å². The molecule has 1 amide bonds. The minimum absolute atomic E-state index is 0.0874. The van der Waals surface area contributed by atoms with Gasteiger partial charge >= 0.3 is 0 Å². The van der Waals surface area contributed by atoms with Crippen LogP contribution in [0.2, 0.25) is 0 Å². The molecule has 5 rings (SSSR count). The van der Waals surface area contributed by atoms with Gasteiger partial charge in [0.25, 0.3) is 0 Å². The summed E-state index contributed by atoms with van der Waals surface area (Å²) in [6.07, 6.45) is 1.93. The summed E-state index contributed by atoms with van der Waals surface area (Å²) in [4.78, 5) is 17.8. The van der Waals surface area contributed by atoms with Crippen LogP contribution in [-0.4, -0.2) is 44.9 Å². The number of carbonyl (C=O) groups excluding carboxylic acids is 1. The Labute approximate surface area is 199 Å². The molecule has 33 heavy (non-hydrogen) atoms. The number of carbonyl (C=O) groups is 1. The second-order valence-electron chi connectivity index (χ2n) is 7.91. The average Bonchev–Trinajstić information content (AvgIpc) is 3.49. The van der Waals surface area contributed by atoms with Crippen LogP contribution in [0.5, 0.6) is 0 Å². The van der Waals surface area contributed by atoms with Gasteiger partial charge < -0.3 is 5.32 Å². The zero-order valence-corrected chi connectivity index (χ0v) is 20.2. The highest BCUT2D eigenvalue weighted by atomic mass is 32.2. The summed E-state index contributed by atoms with van der Waals surface area (Å²) in [5, 5.41) is 5.16. The number of piperidine rings is 1. The highest BCUT2D eigenvalue weighted by molar-refractivity contribution is 7.89. The van der Waals surface area contributed by atoms with Crippen LogP contribution in [0.4, 0.5) is 5.13 Å². The third-order valence-corrected chi connectivity index (χ3v) is 8.91. The summed E-state index contributed by atoms with van der Waals surface area (Å²) in [5.74, 6) is -0.369. The minimum Gasteiger partial charge on any atom is -0.301 e. The third kappa shape index (κ3) is 4.29. The lowest BCUT2D eigenvalue weighted by molar-refractivity contribution is -0.120. The van der Waals surface area contributed by atoms with E-state index in [4.69, 9.17) is 0 Å². The zero-order valence-electron chi connectivity index (χ0n) is 17.8. The maximum atomic E-state index is 13.6. The van der Waals surface area contributed by atoms with Crippen molar-refractivity contribution in [1.29, 1.82) is 0 Å². The molecule has 0 unspecified atom stereocenters. The fourth-order valence-corrected chi connectivity index (χ4v) is 7.08. The third-order valence-electron chi connectivity index (χ3n) is 5.67. The van der Waals surface area contributed by atoms with Crippen LogP contribution in [0.1, 0.15) is 24.8 Å². The Morgan fingerprint density at radius 2 is 1.94 bits per heavy atom. The summed E-state index contributed by atoms with van der Waals surface area (Å²) in [5.41, 5.74) is 3.76. The van der Waals surface area contributed by atoms with E-state index in [1.807, 2.05) is 36.6 Å². The number of thiazole rings is 1. The van der Waals surface area contributed by atoms with Crippen LogP contribution >= 0.6 is 23.1 Å². The first-order valence-electron chi connectivity index (χ1n) is 10.5. The molecule has 8 nitrogen and oxygen atoms in total. The molecule has 1 aliphatic rings. The molecule has 1 N–H and O–H groups in total. The van der Waals surface area contributed by atoms with Crippen molar-refractivity contribution in [3.05, 3.63) is 53.4 Å². The van der Waals surface area contributed by atoms with Crippen molar-refractivity contribution < 1.29 is 13.2 Å². The number of fused-ring (bicyclic) bond motifs is 1. The normalized spacial score (nSPS) is 17.3. The molecule has 0 spiro atoms. The maximum Gasteiger partial charge on any atom is 0.246 e. The average molecular weight is 500 g/mol. The molecule has 1 atom stereocenters. The molecule has 0 saturated carbocycles. The van der Waals surface area contributed by atoms with Gasteiger partial charge in [-0.15, -0.1) is 11.3 Å². The topological polar surface area (TPSA) is 105 Å². The van der Waals surface area contributed by atoms with Gasteiger partial charge in [0.05, 0.1) is 17.4 Å². The molecule has 0 radical (unpaired) electrons. The Morgan fingerprint density at radius 1 is 1.12 bits per heavy atom. The molecule has 4 aromatic rings. The molecular weight excluding hydrogens is 478 g/mol. The summed E-state index contributed by atoms with van der Waals surface area (Å²) in [6, 6.07) is 12.1. The van der Waals surface area contributed by atoms with Crippen LogP contribution < -0.4 is 5.32 Å². The number of anilines is 1. The van der Waals surface area contributed by atoms with Crippen molar-refractivity contribution in [3.63, 3.8) is 0 Å². The SMILES string of the molecule is Cc1ccc(-c2csc(NC(=O)[C@@H]3CCCCN3S(=O)(=O)c3cccc4nsnc34)n2)cc1. The lowest BCUT2D eigenvalue weighted by Crippen LogP contribution is -2.49. The lowest BCUT2D eigenvalue weighted by Gasteiger charge is -2.33. The number of nitrogens with zero attached hydrogens (tertiary/aromatic N) is 4. The van der Waals surface area contributed by atoms with E-state index in [1.54, 1.807) is 12.1 Å². The molecule has 3 heterocycles. The fraction of sp³-hybridized carbons (Fsp3) is 0.273. The van der Waals surface area contributed by atoms with Crippen LogP contribution in [0.25, 0.3) is 22.3 Å². The monoisotopic (exact) mass is 499 g/mol. The van der Waals surface area contributed by atoms with Crippen LogP contribution in [0.3, 0.4) is 0 Å². The molecule has 170 valence electrons. The number of nitrogens with one attached hydrogen (secondary N) is 1. The molecule has 11 heteroatoms. The molecule has 0 bridgehead atoms. The van der Waals surface area contributed by atoms with Gasteiger partial charge in [-0.1, -0.05) is 42.3 Å². The van der Waals surface area contributed by atoms with E-state index in [1.165, 1.54) is 21.7 Å². The Kier molecular flexibility index (Phi) is 5.95. The van der Waals surface area contributed by atoms with Crippen molar-refractivity contribution in [2.75, 3.05) is 11.9 Å². The molecule has 2 aromatic carbocycles. The Hall–Kier alpha value is -2.73. The van der Waals surface area contributed by atoms with Crippen molar-refractivity contribution >= 4 is 55.2 Å². The quantitative estimate of drug-likeness (QED) is 0.439. The van der Waals surface area contributed by atoms with Gasteiger partial charge in [0.15, 0.2) is 5.13 Å². The number of hydrogen-bond acceptors (Lipinski definition) is 8. The molecule has 0 aliphatic carbocycles. The van der Waals surface area contributed by atoms with Crippen molar-refractivity contribution in [2.45, 2.75) is 37.1 Å². The van der Waals surface area contributed by atoms with E-state index in [9.17, 15) is 13.2 Å². The van der Waals surface area contributed by atoms with Gasteiger partial charge in [-0.05, 0) is 31.9 Å². The van der Waals surface area contributed by atoms with Crippen LogP contribution in [0.15, 0.2) is 52.7 Å². The molecule has 1 aliphatic heterocycles. The summed E-state index contributed by atoms with van der Waals surface area (Å²) in [6.45, 7) is 2.30. The van der Waals surface area contributed by atoms with E-state index in [-0.39, 0.29) is 17.3 Å². The van der Waals surface area contributed by atoms with Gasteiger partial charge in [-0.3, -0.25) is 4.79 Å². The highest BCUT2D eigenvalue weighted by Crippen LogP contribution is 2.31. The molecule has 2 aromatic heterocycles.